The van der Waals surface area contributed by atoms with E-state index in [9.17, 15) is 14.4 Å². The molecule has 0 radical (unpaired) electrons. The molecule has 0 aromatic heterocycles. The number of ether oxygens (including phenoxy) is 1. The summed E-state index contributed by atoms with van der Waals surface area (Å²) in [5, 5.41) is 0. The van der Waals surface area contributed by atoms with Gasteiger partial charge < -0.3 is 4.74 Å². The predicted molar refractivity (Wildman–Crippen MR) is 72.3 cm³/mol. The van der Waals surface area contributed by atoms with Crippen molar-refractivity contribution >= 4 is 17.8 Å². The van der Waals surface area contributed by atoms with Gasteiger partial charge >= 0.3 is 5.97 Å². The van der Waals surface area contributed by atoms with Crippen molar-refractivity contribution in [2.45, 2.75) is 52.2 Å². The summed E-state index contributed by atoms with van der Waals surface area (Å²) in [6.07, 6.45) is 3.08. The fourth-order valence-corrected chi connectivity index (χ4v) is 2.59. The Kier molecular flexibility index (Phi) is 3.54. The van der Waals surface area contributed by atoms with E-state index in [2.05, 4.69) is 6.58 Å². The number of amides is 2. The van der Waals surface area contributed by atoms with Crippen LogP contribution in [0.1, 0.15) is 46.5 Å². The van der Waals surface area contributed by atoms with Crippen LogP contribution in [-0.2, 0) is 19.1 Å². The molecule has 0 unspecified atom stereocenters. The van der Waals surface area contributed by atoms with Gasteiger partial charge in [-0.25, -0.2) is 9.69 Å². The van der Waals surface area contributed by atoms with Gasteiger partial charge in [0.2, 0.25) is 0 Å². The molecule has 2 rings (SSSR count). The Morgan fingerprint density at radius 3 is 2.00 bits per heavy atom. The zero-order valence-corrected chi connectivity index (χ0v) is 12.1. The molecule has 5 heteroatoms. The van der Waals surface area contributed by atoms with Crippen LogP contribution in [0.4, 0.5) is 0 Å². The lowest BCUT2D eigenvalue weighted by atomic mass is 9.93. The summed E-state index contributed by atoms with van der Waals surface area (Å²) in [7, 11) is 0. The molecule has 1 heterocycles. The molecule has 0 spiro atoms. The summed E-state index contributed by atoms with van der Waals surface area (Å²) in [5.41, 5.74) is 0.0953. The molecule has 0 atom stereocenters. The van der Waals surface area contributed by atoms with E-state index < -0.39 is 11.7 Å². The second-order valence-electron chi connectivity index (χ2n) is 5.73. The van der Waals surface area contributed by atoms with E-state index in [0.717, 1.165) is 17.7 Å². The summed E-state index contributed by atoms with van der Waals surface area (Å²) in [6, 6.07) is 0. The molecule has 5 nitrogen and oxygen atoms in total. The normalized spacial score (nSPS) is 19.2. The molecule has 0 bridgehead atoms. The van der Waals surface area contributed by atoms with E-state index in [-0.39, 0.29) is 17.4 Å². The molecule has 2 amide bonds. The molecule has 2 aliphatic rings. The van der Waals surface area contributed by atoms with Crippen molar-refractivity contribution in [1.29, 1.82) is 0 Å². The van der Waals surface area contributed by atoms with Gasteiger partial charge in [0.1, 0.15) is 0 Å². The molecular formula is C15H19NO4. The minimum absolute atomic E-state index is 0.231. The van der Waals surface area contributed by atoms with Crippen molar-refractivity contribution in [2.75, 3.05) is 0 Å². The van der Waals surface area contributed by atoms with Gasteiger partial charge in [-0.3, -0.25) is 9.59 Å². The largest absolute Gasteiger partial charge is 0.436 e. The first-order valence-corrected chi connectivity index (χ1v) is 6.75. The highest BCUT2D eigenvalue weighted by Gasteiger charge is 2.47. The number of imide groups is 1. The van der Waals surface area contributed by atoms with Gasteiger partial charge in [0, 0.05) is 16.7 Å². The van der Waals surface area contributed by atoms with Gasteiger partial charge in [0.05, 0.1) is 0 Å². The Labute approximate surface area is 118 Å². The number of hydrogen-bond acceptors (Lipinski definition) is 4. The Morgan fingerprint density at radius 2 is 1.60 bits per heavy atom. The predicted octanol–water partition coefficient (Wildman–Crippen LogP) is 2.08. The monoisotopic (exact) mass is 277 g/mol. The minimum Gasteiger partial charge on any atom is -0.436 e. The average molecular weight is 277 g/mol. The van der Waals surface area contributed by atoms with Crippen molar-refractivity contribution in [3.63, 3.8) is 0 Å². The highest BCUT2D eigenvalue weighted by Crippen LogP contribution is 2.36. The first-order chi connectivity index (χ1) is 9.25. The van der Waals surface area contributed by atoms with Crippen molar-refractivity contribution < 1.29 is 19.1 Å². The van der Waals surface area contributed by atoms with Crippen LogP contribution < -0.4 is 0 Å². The molecule has 0 aromatic carbocycles. The van der Waals surface area contributed by atoms with Crippen LogP contribution in [0.25, 0.3) is 0 Å². The summed E-state index contributed by atoms with van der Waals surface area (Å²) < 4.78 is 5.25. The van der Waals surface area contributed by atoms with Crippen LogP contribution in [0.15, 0.2) is 23.3 Å². The zero-order chi connectivity index (χ0) is 15.1. The molecule has 0 aromatic rings. The lowest BCUT2D eigenvalue weighted by Gasteiger charge is -2.33. The number of esters is 1. The maximum Gasteiger partial charge on any atom is 0.335 e. The number of hydrogen-bond donors (Lipinski definition) is 0. The van der Waals surface area contributed by atoms with Crippen LogP contribution in [0.3, 0.4) is 0 Å². The molecule has 1 aliphatic carbocycles. The van der Waals surface area contributed by atoms with Gasteiger partial charge in [-0.2, -0.15) is 0 Å². The smallest absolute Gasteiger partial charge is 0.335 e. The van der Waals surface area contributed by atoms with Crippen molar-refractivity contribution in [3.05, 3.63) is 23.3 Å². The second-order valence-corrected chi connectivity index (χ2v) is 5.73. The van der Waals surface area contributed by atoms with E-state index in [4.69, 9.17) is 4.74 Å². The number of carbonyl (C=O) groups excluding carboxylic acids is 3. The molecule has 108 valence electrons. The molecule has 0 saturated carbocycles. The molecule has 1 aliphatic heterocycles. The lowest BCUT2D eigenvalue weighted by molar-refractivity contribution is -0.179. The van der Waals surface area contributed by atoms with Gasteiger partial charge in [-0.05, 0) is 46.5 Å². The van der Waals surface area contributed by atoms with Crippen LogP contribution in [0.5, 0.6) is 0 Å². The fourth-order valence-electron chi connectivity index (χ4n) is 2.59. The van der Waals surface area contributed by atoms with Crippen LogP contribution in [0.2, 0.25) is 0 Å². The fraction of sp³-hybridized carbons (Fsp3) is 0.533. The Morgan fingerprint density at radius 1 is 1.15 bits per heavy atom. The highest BCUT2D eigenvalue weighted by molar-refractivity contribution is 6.20. The Bertz CT molecular complexity index is 514. The molecule has 20 heavy (non-hydrogen) atoms. The number of carbonyl (C=O) groups is 3. The first-order valence-electron chi connectivity index (χ1n) is 6.75. The summed E-state index contributed by atoms with van der Waals surface area (Å²) in [4.78, 5) is 37.5. The summed E-state index contributed by atoms with van der Waals surface area (Å²) in [5.74, 6) is -1.27. The van der Waals surface area contributed by atoms with E-state index in [1.807, 2.05) is 0 Å². The number of nitrogens with zero attached hydrogens (tertiary/aromatic N) is 1. The standard InChI is InChI=1S/C15H19NO4/c1-9(2)14(19)20-15(3,4)16-12(17)10-7-5-6-8-11(10)13(16)18/h1,5-8H2,2-4H3. The maximum atomic E-state index is 12.4. The zero-order valence-electron chi connectivity index (χ0n) is 12.1. The third-order valence-electron chi connectivity index (χ3n) is 3.62. The molecule has 0 saturated heterocycles. The Balaban J connectivity index is 2.26. The highest BCUT2D eigenvalue weighted by atomic mass is 16.6. The minimum atomic E-state index is -1.30. The van der Waals surface area contributed by atoms with E-state index in [1.165, 1.54) is 6.92 Å². The Hall–Kier alpha value is -1.91. The van der Waals surface area contributed by atoms with E-state index >= 15 is 0 Å². The van der Waals surface area contributed by atoms with Crippen LogP contribution >= 0.6 is 0 Å². The van der Waals surface area contributed by atoms with Gasteiger partial charge in [-0.1, -0.05) is 6.58 Å². The molecular weight excluding hydrogens is 258 g/mol. The topological polar surface area (TPSA) is 63.7 Å². The SMILES string of the molecule is C=C(C)C(=O)OC(C)(C)N1C(=O)C2=C(CCCC2)C1=O. The van der Waals surface area contributed by atoms with E-state index in [0.29, 0.717) is 24.0 Å². The number of rotatable bonds is 3. The van der Waals surface area contributed by atoms with Crippen molar-refractivity contribution in [1.82, 2.24) is 4.90 Å². The lowest BCUT2D eigenvalue weighted by Crippen LogP contribution is -2.51. The van der Waals surface area contributed by atoms with Crippen LogP contribution in [-0.4, -0.2) is 28.4 Å². The third-order valence-corrected chi connectivity index (χ3v) is 3.62. The average Bonchev–Trinajstić information content (AvgIpc) is 2.62. The summed E-state index contributed by atoms with van der Waals surface area (Å²) in [6.45, 7) is 8.11. The van der Waals surface area contributed by atoms with Gasteiger partial charge in [0.15, 0.2) is 5.72 Å². The van der Waals surface area contributed by atoms with Crippen LogP contribution in [0, 0.1) is 0 Å². The van der Waals surface area contributed by atoms with E-state index in [1.54, 1.807) is 13.8 Å². The first kappa shape index (κ1) is 14.5. The van der Waals surface area contributed by atoms with Crippen molar-refractivity contribution in [3.8, 4) is 0 Å². The maximum absolute atomic E-state index is 12.4. The second kappa shape index (κ2) is 4.89. The summed E-state index contributed by atoms with van der Waals surface area (Å²) >= 11 is 0. The quantitative estimate of drug-likeness (QED) is 0.450. The molecule has 0 N–H and O–H groups in total. The van der Waals surface area contributed by atoms with Crippen molar-refractivity contribution in [2.24, 2.45) is 0 Å². The molecule has 0 fully saturated rings. The third kappa shape index (κ3) is 2.28. The van der Waals surface area contributed by atoms with Gasteiger partial charge in [-0.15, -0.1) is 0 Å². The van der Waals surface area contributed by atoms with Gasteiger partial charge in [0.25, 0.3) is 11.8 Å².